The zero-order valence-electron chi connectivity index (χ0n) is 18.2. The number of carbonyl (C=O) groups excluding carboxylic acids is 1. The van der Waals surface area contributed by atoms with Gasteiger partial charge in [-0.3, -0.25) is 4.79 Å². The summed E-state index contributed by atoms with van der Waals surface area (Å²) in [7, 11) is -3.48. The Morgan fingerprint density at radius 1 is 0.818 bits per heavy atom. The monoisotopic (exact) mass is 467 g/mol. The van der Waals surface area contributed by atoms with Crippen LogP contribution in [-0.4, -0.2) is 57.1 Å². The van der Waals surface area contributed by atoms with Crippen LogP contribution in [0.25, 0.3) is 11.1 Å². The lowest BCUT2D eigenvalue weighted by Crippen LogP contribution is -2.50. The standard InChI is InChI=1S/C25H26FN3O3S/c26-23-10-12-24(13-11-23)28-15-17-29(18-16-28)33(31,32)19-14-27-25(30)22-8-6-21(7-9-22)20-4-2-1-3-5-20/h1-13H,14-19H2,(H,27,30). The van der Waals surface area contributed by atoms with E-state index in [-0.39, 0.29) is 24.0 Å². The van der Waals surface area contributed by atoms with Gasteiger partial charge in [0, 0.05) is 44.0 Å². The molecule has 1 saturated heterocycles. The van der Waals surface area contributed by atoms with E-state index in [1.165, 1.54) is 16.4 Å². The van der Waals surface area contributed by atoms with Gasteiger partial charge in [-0.05, 0) is 47.5 Å². The van der Waals surface area contributed by atoms with E-state index < -0.39 is 10.0 Å². The summed E-state index contributed by atoms with van der Waals surface area (Å²) in [4.78, 5) is 14.5. The summed E-state index contributed by atoms with van der Waals surface area (Å²) in [5, 5.41) is 2.70. The molecule has 0 atom stereocenters. The Morgan fingerprint density at radius 2 is 1.42 bits per heavy atom. The average molecular weight is 468 g/mol. The molecule has 1 amide bonds. The normalized spacial score (nSPS) is 14.8. The topological polar surface area (TPSA) is 69.7 Å². The Balaban J connectivity index is 1.26. The maximum Gasteiger partial charge on any atom is 0.251 e. The Morgan fingerprint density at radius 3 is 2.06 bits per heavy atom. The second-order valence-electron chi connectivity index (χ2n) is 7.88. The maximum atomic E-state index is 13.1. The van der Waals surface area contributed by atoms with Gasteiger partial charge in [0.05, 0.1) is 5.75 Å². The summed E-state index contributed by atoms with van der Waals surface area (Å²) in [5.41, 5.74) is 3.43. The molecular formula is C25H26FN3O3S. The number of piperazine rings is 1. The molecule has 1 fully saturated rings. The van der Waals surface area contributed by atoms with Crippen molar-refractivity contribution in [2.24, 2.45) is 0 Å². The van der Waals surface area contributed by atoms with Crippen LogP contribution in [0.2, 0.25) is 0 Å². The van der Waals surface area contributed by atoms with Crippen LogP contribution in [0.1, 0.15) is 10.4 Å². The van der Waals surface area contributed by atoms with Gasteiger partial charge in [0.25, 0.3) is 5.91 Å². The molecule has 1 aliphatic rings. The third kappa shape index (κ3) is 5.77. The van der Waals surface area contributed by atoms with Crippen molar-refractivity contribution in [3.05, 3.63) is 90.2 Å². The molecule has 0 unspecified atom stereocenters. The van der Waals surface area contributed by atoms with E-state index in [4.69, 9.17) is 0 Å². The molecular weight excluding hydrogens is 441 g/mol. The first-order valence-corrected chi connectivity index (χ1v) is 12.5. The molecule has 3 aromatic rings. The minimum Gasteiger partial charge on any atom is -0.369 e. The zero-order chi connectivity index (χ0) is 23.3. The quantitative estimate of drug-likeness (QED) is 0.579. The Labute approximate surface area is 193 Å². The lowest BCUT2D eigenvalue weighted by atomic mass is 10.0. The summed E-state index contributed by atoms with van der Waals surface area (Å²) in [6, 6.07) is 23.3. The van der Waals surface area contributed by atoms with Crippen LogP contribution in [0, 0.1) is 5.82 Å². The second-order valence-corrected chi connectivity index (χ2v) is 9.97. The molecule has 0 bridgehead atoms. The number of nitrogens with one attached hydrogen (secondary N) is 1. The zero-order valence-corrected chi connectivity index (χ0v) is 19.0. The van der Waals surface area contributed by atoms with Gasteiger partial charge in [-0.25, -0.2) is 12.8 Å². The molecule has 3 aromatic carbocycles. The highest BCUT2D eigenvalue weighted by molar-refractivity contribution is 7.89. The van der Waals surface area contributed by atoms with Gasteiger partial charge in [-0.15, -0.1) is 0 Å². The maximum absolute atomic E-state index is 13.1. The molecule has 1 heterocycles. The van der Waals surface area contributed by atoms with E-state index in [1.54, 1.807) is 24.3 Å². The highest BCUT2D eigenvalue weighted by Crippen LogP contribution is 2.20. The number of hydrogen-bond donors (Lipinski definition) is 1. The largest absolute Gasteiger partial charge is 0.369 e. The fourth-order valence-electron chi connectivity index (χ4n) is 3.85. The summed E-state index contributed by atoms with van der Waals surface area (Å²) in [6.07, 6.45) is 0. The van der Waals surface area contributed by atoms with Crippen molar-refractivity contribution in [2.45, 2.75) is 0 Å². The third-order valence-electron chi connectivity index (χ3n) is 5.72. The summed E-state index contributed by atoms with van der Waals surface area (Å²) < 4.78 is 40.0. The van der Waals surface area contributed by atoms with E-state index in [1.807, 2.05) is 47.4 Å². The lowest BCUT2D eigenvalue weighted by molar-refractivity contribution is 0.0956. The smallest absolute Gasteiger partial charge is 0.251 e. The molecule has 0 aliphatic carbocycles. The Kier molecular flexibility index (Phi) is 7.05. The SMILES string of the molecule is O=C(NCCS(=O)(=O)N1CCN(c2ccc(F)cc2)CC1)c1ccc(-c2ccccc2)cc1. The highest BCUT2D eigenvalue weighted by atomic mass is 32.2. The first-order valence-electron chi connectivity index (χ1n) is 10.8. The number of hydrogen-bond acceptors (Lipinski definition) is 4. The number of carbonyl (C=O) groups is 1. The van der Waals surface area contributed by atoms with E-state index in [9.17, 15) is 17.6 Å². The lowest BCUT2D eigenvalue weighted by Gasteiger charge is -2.35. The average Bonchev–Trinajstić information content (AvgIpc) is 2.85. The predicted molar refractivity (Wildman–Crippen MR) is 128 cm³/mol. The number of amides is 1. The molecule has 0 spiro atoms. The second kappa shape index (κ2) is 10.1. The van der Waals surface area contributed by atoms with Crippen LogP contribution in [0.3, 0.4) is 0 Å². The van der Waals surface area contributed by atoms with Gasteiger partial charge in [0.2, 0.25) is 10.0 Å². The fraction of sp³-hybridized carbons (Fsp3) is 0.240. The molecule has 33 heavy (non-hydrogen) atoms. The predicted octanol–water partition coefficient (Wildman–Crippen LogP) is 3.37. The molecule has 172 valence electrons. The minimum atomic E-state index is -3.48. The molecule has 1 N–H and O–H groups in total. The van der Waals surface area contributed by atoms with Crippen LogP contribution in [0.15, 0.2) is 78.9 Å². The highest BCUT2D eigenvalue weighted by Gasteiger charge is 2.27. The van der Waals surface area contributed by atoms with E-state index in [0.717, 1.165) is 16.8 Å². The van der Waals surface area contributed by atoms with Crippen LogP contribution in [0.4, 0.5) is 10.1 Å². The van der Waals surface area contributed by atoms with Gasteiger partial charge < -0.3 is 10.2 Å². The van der Waals surface area contributed by atoms with Crippen molar-refractivity contribution in [1.82, 2.24) is 9.62 Å². The molecule has 0 saturated carbocycles. The van der Waals surface area contributed by atoms with E-state index in [0.29, 0.717) is 31.7 Å². The van der Waals surface area contributed by atoms with Gasteiger partial charge in [-0.2, -0.15) is 4.31 Å². The molecule has 0 aromatic heterocycles. The number of benzene rings is 3. The van der Waals surface area contributed by atoms with Gasteiger partial charge in [0.15, 0.2) is 0 Å². The van der Waals surface area contributed by atoms with Crippen molar-refractivity contribution >= 4 is 21.6 Å². The number of rotatable bonds is 7. The summed E-state index contributed by atoms with van der Waals surface area (Å²) in [6.45, 7) is 1.82. The first-order chi connectivity index (χ1) is 15.9. The Hall–Kier alpha value is -3.23. The van der Waals surface area contributed by atoms with Crippen LogP contribution in [-0.2, 0) is 10.0 Å². The number of nitrogens with zero attached hydrogens (tertiary/aromatic N) is 2. The molecule has 8 heteroatoms. The summed E-state index contributed by atoms with van der Waals surface area (Å²) >= 11 is 0. The van der Waals surface area contributed by atoms with Crippen molar-refractivity contribution in [2.75, 3.05) is 43.4 Å². The van der Waals surface area contributed by atoms with E-state index in [2.05, 4.69) is 5.32 Å². The van der Waals surface area contributed by atoms with Crippen molar-refractivity contribution in [1.29, 1.82) is 0 Å². The number of sulfonamides is 1. The molecule has 1 aliphatic heterocycles. The molecule has 4 rings (SSSR count). The van der Waals surface area contributed by atoms with Crippen molar-refractivity contribution in [3.63, 3.8) is 0 Å². The van der Waals surface area contributed by atoms with Crippen LogP contribution < -0.4 is 10.2 Å². The third-order valence-corrected chi connectivity index (χ3v) is 7.60. The molecule has 0 radical (unpaired) electrons. The Bertz CT molecular complexity index is 1180. The minimum absolute atomic E-state index is 0.0414. The van der Waals surface area contributed by atoms with Crippen molar-refractivity contribution in [3.8, 4) is 11.1 Å². The van der Waals surface area contributed by atoms with Gasteiger partial charge in [0.1, 0.15) is 5.82 Å². The summed E-state index contributed by atoms with van der Waals surface area (Å²) in [5.74, 6) is -0.753. The number of anilines is 1. The van der Waals surface area contributed by atoms with E-state index >= 15 is 0 Å². The van der Waals surface area contributed by atoms with Gasteiger partial charge in [-0.1, -0.05) is 42.5 Å². The first kappa shape index (κ1) is 22.9. The fourth-order valence-corrected chi connectivity index (χ4v) is 5.18. The van der Waals surface area contributed by atoms with Crippen LogP contribution in [0.5, 0.6) is 0 Å². The van der Waals surface area contributed by atoms with Crippen LogP contribution >= 0.6 is 0 Å². The van der Waals surface area contributed by atoms with Gasteiger partial charge >= 0.3 is 0 Å². The van der Waals surface area contributed by atoms with Crippen molar-refractivity contribution < 1.29 is 17.6 Å². The number of halogens is 1. The molecule has 6 nitrogen and oxygen atoms in total.